The first-order valence-corrected chi connectivity index (χ1v) is 5.96. The molecule has 0 radical (unpaired) electrons. The molecule has 0 saturated carbocycles. The maximum Gasteiger partial charge on any atom is 0.137 e. The van der Waals surface area contributed by atoms with Gasteiger partial charge in [-0.05, 0) is 22.0 Å². The standard InChI is InChI=1S/C11H13BrN2O3/c1-16-14-9-2-3-17-11-6(9)4-8(12)10(15)7(11)5-13/h4,15H,2-3,5,13H2,1H3. The van der Waals surface area contributed by atoms with E-state index in [4.69, 9.17) is 15.3 Å². The Morgan fingerprint density at radius 1 is 1.65 bits per heavy atom. The predicted octanol–water partition coefficient (Wildman–Crippen LogP) is 1.75. The van der Waals surface area contributed by atoms with Gasteiger partial charge < -0.3 is 20.4 Å². The van der Waals surface area contributed by atoms with Crippen molar-refractivity contribution < 1.29 is 14.7 Å². The number of hydrogen-bond donors (Lipinski definition) is 2. The summed E-state index contributed by atoms with van der Waals surface area (Å²) in [6.07, 6.45) is 0.669. The third kappa shape index (κ3) is 2.10. The van der Waals surface area contributed by atoms with Crippen LogP contribution in [0.15, 0.2) is 15.7 Å². The smallest absolute Gasteiger partial charge is 0.137 e. The molecule has 0 unspecified atom stereocenters. The highest BCUT2D eigenvalue weighted by atomic mass is 79.9. The molecule has 17 heavy (non-hydrogen) atoms. The quantitative estimate of drug-likeness (QED) is 0.816. The van der Waals surface area contributed by atoms with E-state index in [9.17, 15) is 5.11 Å². The average molecular weight is 301 g/mol. The number of oxime groups is 1. The molecule has 1 heterocycles. The summed E-state index contributed by atoms with van der Waals surface area (Å²) in [6, 6.07) is 1.76. The molecular formula is C11H13BrN2O3. The highest BCUT2D eigenvalue weighted by Gasteiger charge is 2.24. The van der Waals surface area contributed by atoms with Crippen molar-refractivity contribution in [1.82, 2.24) is 0 Å². The van der Waals surface area contributed by atoms with Crippen LogP contribution < -0.4 is 10.5 Å². The van der Waals surface area contributed by atoms with Crippen LogP contribution in [0.4, 0.5) is 0 Å². The second-order valence-corrected chi connectivity index (χ2v) is 4.44. The van der Waals surface area contributed by atoms with Crippen molar-refractivity contribution in [3.05, 3.63) is 21.7 Å². The number of nitrogens with two attached hydrogens (primary N) is 1. The zero-order valence-corrected chi connectivity index (χ0v) is 11.0. The van der Waals surface area contributed by atoms with Crippen LogP contribution in [0, 0.1) is 0 Å². The van der Waals surface area contributed by atoms with Crippen molar-refractivity contribution in [3.63, 3.8) is 0 Å². The minimum absolute atomic E-state index is 0.116. The van der Waals surface area contributed by atoms with Crippen molar-refractivity contribution >= 4 is 21.6 Å². The summed E-state index contributed by atoms with van der Waals surface area (Å²) in [5.41, 5.74) is 7.82. The molecule has 0 amide bonds. The molecule has 2 rings (SSSR count). The molecule has 0 fully saturated rings. The molecule has 3 N–H and O–H groups in total. The molecule has 0 aliphatic carbocycles. The van der Waals surface area contributed by atoms with Gasteiger partial charge in [-0.25, -0.2) is 0 Å². The lowest BCUT2D eigenvalue weighted by Gasteiger charge is -2.22. The lowest BCUT2D eigenvalue weighted by atomic mass is 10.00. The van der Waals surface area contributed by atoms with Gasteiger partial charge in [0.25, 0.3) is 0 Å². The van der Waals surface area contributed by atoms with Gasteiger partial charge in [0.15, 0.2) is 0 Å². The fourth-order valence-electron chi connectivity index (χ4n) is 1.83. The van der Waals surface area contributed by atoms with E-state index in [0.29, 0.717) is 28.8 Å². The van der Waals surface area contributed by atoms with Crippen LogP contribution >= 0.6 is 15.9 Å². The number of fused-ring (bicyclic) bond motifs is 1. The number of ether oxygens (including phenoxy) is 1. The summed E-state index contributed by atoms with van der Waals surface area (Å²) < 4.78 is 6.14. The van der Waals surface area contributed by atoms with Gasteiger partial charge in [-0.1, -0.05) is 5.16 Å². The van der Waals surface area contributed by atoms with Crippen LogP contribution in [-0.4, -0.2) is 24.5 Å². The first-order chi connectivity index (χ1) is 8.19. The molecule has 1 aliphatic heterocycles. The Morgan fingerprint density at radius 2 is 2.41 bits per heavy atom. The Hall–Kier alpha value is -1.27. The minimum atomic E-state index is 0.116. The summed E-state index contributed by atoms with van der Waals surface area (Å²) in [7, 11) is 1.50. The third-order valence-electron chi connectivity index (χ3n) is 2.60. The summed E-state index contributed by atoms with van der Waals surface area (Å²) in [5, 5.41) is 13.9. The first-order valence-electron chi connectivity index (χ1n) is 5.16. The van der Waals surface area contributed by atoms with Crippen molar-refractivity contribution in [1.29, 1.82) is 0 Å². The molecule has 0 aromatic heterocycles. The van der Waals surface area contributed by atoms with E-state index in [-0.39, 0.29) is 12.3 Å². The Labute approximate surface area is 107 Å². The van der Waals surface area contributed by atoms with E-state index < -0.39 is 0 Å². The van der Waals surface area contributed by atoms with Gasteiger partial charge in [0.1, 0.15) is 18.6 Å². The zero-order valence-electron chi connectivity index (χ0n) is 9.36. The molecule has 6 heteroatoms. The molecule has 0 spiro atoms. The topological polar surface area (TPSA) is 77.1 Å². The summed E-state index contributed by atoms with van der Waals surface area (Å²) in [5.74, 6) is 0.708. The van der Waals surface area contributed by atoms with E-state index in [1.807, 2.05) is 0 Å². The molecule has 5 nitrogen and oxygen atoms in total. The lowest BCUT2D eigenvalue weighted by molar-refractivity contribution is 0.210. The summed E-state index contributed by atoms with van der Waals surface area (Å²) >= 11 is 3.29. The maximum atomic E-state index is 9.89. The van der Waals surface area contributed by atoms with Gasteiger partial charge in [0, 0.05) is 18.5 Å². The minimum Gasteiger partial charge on any atom is -0.506 e. The fraction of sp³-hybridized carbons (Fsp3) is 0.364. The van der Waals surface area contributed by atoms with Gasteiger partial charge >= 0.3 is 0 Å². The van der Waals surface area contributed by atoms with E-state index >= 15 is 0 Å². The number of aromatic hydroxyl groups is 1. The second-order valence-electron chi connectivity index (χ2n) is 3.59. The molecule has 0 bridgehead atoms. The molecular weight excluding hydrogens is 288 g/mol. The Morgan fingerprint density at radius 3 is 3.06 bits per heavy atom. The van der Waals surface area contributed by atoms with E-state index in [0.717, 1.165) is 11.3 Å². The largest absolute Gasteiger partial charge is 0.506 e. The van der Waals surface area contributed by atoms with Crippen LogP contribution in [0.3, 0.4) is 0 Å². The predicted molar refractivity (Wildman–Crippen MR) is 67.4 cm³/mol. The van der Waals surface area contributed by atoms with Crippen LogP contribution in [0.5, 0.6) is 11.5 Å². The van der Waals surface area contributed by atoms with Crippen molar-refractivity contribution in [3.8, 4) is 11.5 Å². The first kappa shape index (κ1) is 12.2. The summed E-state index contributed by atoms with van der Waals surface area (Å²) in [6.45, 7) is 0.705. The van der Waals surface area contributed by atoms with Gasteiger partial charge in [-0.2, -0.15) is 0 Å². The molecule has 1 aromatic rings. The van der Waals surface area contributed by atoms with E-state index in [1.165, 1.54) is 7.11 Å². The number of phenols is 1. The maximum absolute atomic E-state index is 9.89. The monoisotopic (exact) mass is 300 g/mol. The number of phenolic OH excluding ortho intramolecular Hbond substituents is 1. The van der Waals surface area contributed by atoms with E-state index in [1.54, 1.807) is 6.07 Å². The number of benzene rings is 1. The molecule has 1 aliphatic rings. The van der Waals surface area contributed by atoms with Crippen LogP contribution in [0.2, 0.25) is 0 Å². The molecule has 0 atom stereocenters. The molecule has 92 valence electrons. The van der Waals surface area contributed by atoms with Crippen molar-refractivity contribution in [2.45, 2.75) is 13.0 Å². The average Bonchev–Trinajstić information content (AvgIpc) is 2.32. The van der Waals surface area contributed by atoms with Gasteiger partial charge in [0.05, 0.1) is 22.4 Å². The number of hydrogen-bond acceptors (Lipinski definition) is 5. The number of nitrogens with zero attached hydrogens (tertiary/aromatic N) is 1. The number of halogens is 1. The highest BCUT2D eigenvalue weighted by molar-refractivity contribution is 9.10. The van der Waals surface area contributed by atoms with Crippen molar-refractivity contribution in [2.24, 2.45) is 10.9 Å². The Bertz CT molecular complexity index is 474. The SMILES string of the molecule is CON=C1CCOc2c1cc(Br)c(O)c2CN. The normalized spacial score (nSPS) is 16.5. The zero-order chi connectivity index (χ0) is 12.4. The molecule has 1 aromatic carbocycles. The highest BCUT2D eigenvalue weighted by Crippen LogP contribution is 2.40. The van der Waals surface area contributed by atoms with Gasteiger partial charge in [0.2, 0.25) is 0 Å². The fourth-order valence-corrected chi connectivity index (χ4v) is 2.30. The Kier molecular flexibility index (Phi) is 3.54. The van der Waals surface area contributed by atoms with Crippen LogP contribution in [-0.2, 0) is 11.4 Å². The van der Waals surface area contributed by atoms with Crippen molar-refractivity contribution in [2.75, 3.05) is 13.7 Å². The Balaban J connectivity index is 2.63. The van der Waals surface area contributed by atoms with Crippen LogP contribution in [0.1, 0.15) is 17.5 Å². The second kappa shape index (κ2) is 4.93. The lowest BCUT2D eigenvalue weighted by Crippen LogP contribution is -2.19. The van der Waals surface area contributed by atoms with Gasteiger partial charge in [-0.15, -0.1) is 0 Å². The third-order valence-corrected chi connectivity index (χ3v) is 3.21. The van der Waals surface area contributed by atoms with Gasteiger partial charge in [-0.3, -0.25) is 0 Å². The van der Waals surface area contributed by atoms with E-state index in [2.05, 4.69) is 21.1 Å². The van der Waals surface area contributed by atoms with Crippen LogP contribution in [0.25, 0.3) is 0 Å². The summed E-state index contributed by atoms with van der Waals surface area (Å²) in [4.78, 5) is 4.81. The number of rotatable bonds is 2. The molecule has 0 saturated heterocycles.